The highest BCUT2D eigenvalue weighted by atomic mass is 32.2. The summed E-state index contributed by atoms with van der Waals surface area (Å²) in [6.07, 6.45) is 4.96. The van der Waals surface area contributed by atoms with Gasteiger partial charge in [-0.05, 0) is 68.4 Å². The Labute approximate surface area is 174 Å². The number of aryl methyl sites for hydroxylation is 1. The average molecular weight is 414 g/mol. The van der Waals surface area contributed by atoms with Crippen molar-refractivity contribution in [2.45, 2.75) is 50.1 Å². The van der Waals surface area contributed by atoms with E-state index in [9.17, 15) is 4.79 Å². The molecule has 1 fully saturated rings. The molecule has 1 aromatic carbocycles. The molecule has 0 bridgehead atoms. The van der Waals surface area contributed by atoms with E-state index in [0.29, 0.717) is 0 Å². The summed E-state index contributed by atoms with van der Waals surface area (Å²) >= 11 is 3.18. The summed E-state index contributed by atoms with van der Waals surface area (Å²) in [6, 6.07) is 10.4. The molecule has 0 unspecified atom stereocenters. The Morgan fingerprint density at radius 3 is 2.75 bits per heavy atom. The van der Waals surface area contributed by atoms with Crippen molar-refractivity contribution in [2.24, 2.45) is 0 Å². The summed E-state index contributed by atoms with van der Waals surface area (Å²) in [6.45, 7) is 6.35. The first-order valence-corrected chi connectivity index (χ1v) is 12.0. The van der Waals surface area contributed by atoms with Crippen LogP contribution in [-0.2, 0) is 12.3 Å². The molecule has 3 aromatic rings. The molecule has 4 rings (SSSR count). The number of benzene rings is 1. The summed E-state index contributed by atoms with van der Waals surface area (Å²) in [5.41, 5.74) is 3.53. The molecule has 1 aliphatic rings. The number of likely N-dealkylation sites (tertiary alicyclic amines) is 1. The lowest BCUT2D eigenvalue weighted by Crippen LogP contribution is -2.32. The van der Waals surface area contributed by atoms with Crippen molar-refractivity contribution in [2.75, 3.05) is 19.6 Å². The van der Waals surface area contributed by atoms with Gasteiger partial charge in [0.15, 0.2) is 5.16 Å². The molecule has 6 heteroatoms. The quantitative estimate of drug-likeness (QED) is 0.406. The lowest BCUT2D eigenvalue weighted by molar-refractivity contribution is 0.221. The predicted molar refractivity (Wildman–Crippen MR) is 120 cm³/mol. The van der Waals surface area contributed by atoms with Crippen LogP contribution in [0.1, 0.15) is 36.8 Å². The fraction of sp³-hybridized carbons (Fsp3) is 0.455. The maximum atomic E-state index is 13.1. The first kappa shape index (κ1) is 19.7. The zero-order valence-corrected chi connectivity index (χ0v) is 18.0. The topological polar surface area (TPSA) is 38.1 Å². The highest BCUT2D eigenvalue weighted by Crippen LogP contribution is 2.25. The number of thiophene rings is 1. The van der Waals surface area contributed by atoms with E-state index in [4.69, 9.17) is 4.98 Å². The van der Waals surface area contributed by atoms with Gasteiger partial charge in [-0.15, -0.1) is 11.3 Å². The van der Waals surface area contributed by atoms with Gasteiger partial charge in [0.1, 0.15) is 4.70 Å². The zero-order chi connectivity index (χ0) is 19.3. The summed E-state index contributed by atoms with van der Waals surface area (Å²) in [4.78, 5) is 20.4. The van der Waals surface area contributed by atoms with Crippen molar-refractivity contribution in [1.82, 2.24) is 14.5 Å². The molecule has 0 aliphatic carbocycles. The number of aromatic nitrogens is 2. The van der Waals surface area contributed by atoms with Gasteiger partial charge in [0.25, 0.3) is 5.56 Å². The van der Waals surface area contributed by atoms with Gasteiger partial charge in [0.2, 0.25) is 0 Å². The van der Waals surface area contributed by atoms with Crippen LogP contribution >= 0.6 is 23.1 Å². The normalized spacial score (nSPS) is 15.3. The van der Waals surface area contributed by atoms with E-state index in [2.05, 4.69) is 36.1 Å². The average Bonchev–Trinajstić information content (AvgIpc) is 3.19. The van der Waals surface area contributed by atoms with Crippen LogP contribution in [0, 0.1) is 6.92 Å². The van der Waals surface area contributed by atoms with E-state index >= 15 is 0 Å². The Kier molecular flexibility index (Phi) is 6.50. The first-order valence-electron chi connectivity index (χ1n) is 10.1. The van der Waals surface area contributed by atoms with Crippen molar-refractivity contribution in [1.29, 1.82) is 0 Å². The number of hydrogen-bond acceptors (Lipinski definition) is 5. The van der Waals surface area contributed by atoms with Gasteiger partial charge < -0.3 is 4.90 Å². The molecule has 148 valence electrons. The molecule has 1 saturated heterocycles. The van der Waals surface area contributed by atoms with Gasteiger partial charge in [-0.1, -0.05) is 42.4 Å². The Hall–Kier alpha value is -1.63. The minimum absolute atomic E-state index is 0.117. The zero-order valence-electron chi connectivity index (χ0n) is 16.4. The van der Waals surface area contributed by atoms with Crippen molar-refractivity contribution in [3.05, 3.63) is 57.2 Å². The maximum absolute atomic E-state index is 13.1. The van der Waals surface area contributed by atoms with Gasteiger partial charge in [-0.3, -0.25) is 9.36 Å². The summed E-state index contributed by atoms with van der Waals surface area (Å²) in [7, 11) is 0. The molecular weight excluding hydrogens is 386 g/mol. The highest BCUT2D eigenvalue weighted by Gasteiger charge is 2.14. The molecule has 0 radical (unpaired) electrons. The monoisotopic (exact) mass is 413 g/mol. The van der Waals surface area contributed by atoms with E-state index < -0.39 is 0 Å². The van der Waals surface area contributed by atoms with Crippen LogP contribution in [0.3, 0.4) is 0 Å². The molecule has 0 N–H and O–H groups in total. The third-order valence-corrected chi connectivity index (χ3v) is 7.37. The van der Waals surface area contributed by atoms with Crippen LogP contribution in [0.25, 0.3) is 10.2 Å². The maximum Gasteiger partial charge on any atom is 0.272 e. The third-order valence-electron chi connectivity index (χ3n) is 5.45. The molecule has 0 atom stereocenters. The number of rotatable bonds is 7. The minimum atomic E-state index is 0.117. The van der Waals surface area contributed by atoms with Crippen LogP contribution < -0.4 is 5.56 Å². The van der Waals surface area contributed by atoms with Crippen molar-refractivity contribution in [3.63, 3.8) is 0 Å². The molecular formula is C22H27N3OS2. The van der Waals surface area contributed by atoms with Gasteiger partial charge in [-0.2, -0.15) is 0 Å². The summed E-state index contributed by atoms with van der Waals surface area (Å²) in [5.74, 6) is 0.834. The number of nitrogens with zero attached hydrogens (tertiary/aromatic N) is 3. The molecule has 28 heavy (non-hydrogen) atoms. The highest BCUT2D eigenvalue weighted by molar-refractivity contribution is 7.98. The molecule has 3 heterocycles. The Bertz CT molecular complexity index is 989. The van der Waals surface area contributed by atoms with Gasteiger partial charge in [0, 0.05) is 12.3 Å². The molecule has 2 aromatic heterocycles. The van der Waals surface area contributed by atoms with E-state index in [0.717, 1.165) is 40.6 Å². The molecule has 0 spiro atoms. The van der Waals surface area contributed by atoms with Crippen LogP contribution in [0.2, 0.25) is 0 Å². The second-order valence-electron chi connectivity index (χ2n) is 7.46. The van der Waals surface area contributed by atoms with Crippen LogP contribution in [0.4, 0.5) is 0 Å². The van der Waals surface area contributed by atoms with Crippen molar-refractivity contribution in [3.8, 4) is 0 Å². The number of thioether (sulfide) groups is 1. The van der Waals surface area contributed by atoms with Crippen LogP contribution in [0.5, 0.6) is 0 Å². The SMILES string of the molecule is Cc1ccccc1CSc1nc2ccsc2c(=O)n1CCCN1CCCCC1. The number of fused-ring (bicyclic) bond motifs is 1. The molecule has 4 nitrogen and oxygen atoms in total. The first-order chi connectivity index (χ1) is 13.7. The molecule has 0 saturated carbocycles. The van der Waals surface area contributed by atoms with E-state index in [1.165, 1.54) is 54.8 Å². The standard InChI is InChI=1S/C22H27N3OS2/c1-17-8-3-4-9-18(17)16-28-22-23-19-10-15-27-20(19)21(26)25(22)14-7-13-24-11-5-2-6-12-24/h3-4,8-10,15H,2,5-7,11-14,16H2,1H3. The third kappa shape index (κ3) is 4.50. The van der Waals surface area contributed by atoms with E-state index in [1.807, 2.05) is 16.0 Å². The molecule has 0 amide bonds. The fourth-order valence-corrected chi connectivity index (χ4v) is 5.66. The number of hydrogen-bond donors (Lipinski definition) is 0. The van der Waals surface area contributed by atoms with Crippen molar-refractivity contribution >= 4 is 33.3 Å². The second-order valence-corrected chi connectivity index (χ2v) is 9.32. The molecule has 1 aliphatic heterocycles. The lowest BCUT2D eigenvalue weighted by Gasteiger charge is -2.26. The minimum Gasteiger partial charge on any atom is -0.303 e. The van der Waals surface area contributed by atoms with Gasteiger partial charge in [-0.25, -0.2) is 4.98 Å². The van der Waals surface area contributed by atoms with Gasteiger partial charge in [0.05, 0.1) is 5.52 Å². The summed E-state index contributed by atoms with van der Waals surface area (Å²) < 4.78 is 2.68. The number of piperidine rings is 1. The van der Waals surface area contributed by atoms with Crippen LogP contribution in [-0.4, -0.2) is 34.1 Å². The Morgan fingerprint density at radius 2 is 1.93 bits per heavy atom. The summed E-state index contributed by atoms with van der Waals surface area (Å²) in [5, 5.41) is 2.81. The van der Waals surface area contributed by atoms with Crippen molar-refractivity contribution < 1.29 is 0 Å². The fourth-order valence-electron chi connectivity index (χ4n) is 3.78. The van der Waals surface area contributed by atoms with E-state index in [-0.39, 0.29) is 5.56 Å². The predicted octanol–water partition coefficient (Wildman–Crippen LogP) is 4.93. The van der Waals surface area contributed by atoms with E-state index in [1.54, 1.807) is 11.8 Å². The lowest BCUT2D eigenvalue weighted by atomic mass is 10.1. The smallest absolute Gasteiger partial charge is 0.272 e. The second kappa shape index (κ2) is 9.25. The Morgan fingerprint density at radius 1 is 1.11 bits per heavy atom. The van der Waals surface area contributed by atoms with Crippen LogP contribution in [0.15, 0.2) is 45.7 Å². The Balaban J connectivity index is 1.52. The van der Waals surface area contributed by atoms with Gasteiger partial charge >= 0.3 is 0 Å². The largest absolute Gasteiger partial charge is 0.303 e.